The minimum absolute atomic E-state index is 0.0144. The molecule has 82 valence electrons. The van der Waals surface area contributed by atoms with Gasteiger partial charge in [-0.25, -0.2) is 0 Å². The van der Waals surface area contributed by atoms with Crippen molar-refractivity contribution in [3.63, 3.8) is 0 Å². The Morgan fingerprint density at radius 2 is 1.53 bits per heavy atom. The van der Waals surface area contributed by atoms with E-state index in [0.29, 0.717) is 5.56 Å². The number of piperidine rings is 1. The van der Waals surface area contributed by atoms with Crippen molar-refractivity contribution in [3.05, 3.63) is 17.7 Å². The molecule has 4 N–H and O–H groups in total. The van der Waals surface area contributed by atoms with Crippen molar-refractivity contribution in [3.8, 4) is 17.2 Å². The maximum atomic E-state index is 9.68. The summed E-state index contributed by atoms with van der Waals surface area (Å²) < 4.78 is 0. The maximum Gasteiger partial charge on any atom is 0.126 e. The highest BCUT2D eigenvalue weighted by Gasteiger charge is 2.22. The van der Waals surface area contributed by atoms with E-state index in [4.69, 9.17) is 0 Å². The van der Waals surface area contributed by atoms with Crippen LogP contribution in [0.4, 0.5) is 0 Å². The Morgan fingerprint density at radius 1 is 1.00 bits per heavy atom. The molecule has 4 nitrogen and oxygen atoms in total. The average molecular weight is 209 g/mol. The molecular formula is C11H15NO3. The Bertz CT molecular complexity index is 336. The molecule has 1 fully saturated rings. The number of benzene rings is 1. The van der Waals surface area contributed by atoms with Crippen molar-refractivity contribution >= 4 is 0 Å². The summed E-state index contributed by atoms with van der Waals surface area (Å²) in [6.45, 7) is 1.79. The predicted molar refractivity (Wildman–Crippen MR) is 56.3 cm³/mol. The van der Waals surface area contributed by atoms with Crippen molar-refractivity contribution in [1.29, 1.82) is 0 Å². The van der Waals surface area contributed by atoms with Gasteiger partial charge in [0.15, 0.2) is 0 Å². The molecule has 1 heterocycles. The van der Waals surface area contributed by atoms with Gasteiger partial charge in [-0.3, -0.25) is 0 Å². The van der Waals surface area contributed by atoms with Crippen LogP contribution in [0.5, 0.6) is 17.2 Å². The van der Waals surface area contributed by atoms with Crippen LogP contribution in [0, 0.1) is 0 Å². The zero-order valence-corrected chi connectivity index (χ0v) is 8.40. The standard InChI is InChI=1S/C11H15NO3/c13-8-5-9(14)11(10(15)6-8)7-1-3-12-4-2-7/h5-7,12-15H,1-4H2. The molecule has 1 aliphatic rings. The molecule has 1 aromatic carbocycles. The first-order chi connectivity index (χ1) is 7.18. The smallest absolute Gasteiger partial charge is 0.126 e. The Balaban J connectivity index is 2.33. The minimum atomic E-state index is -0.109. The van der Waals surface area contributed by atoms with Crippen molar-refractivity contribution in [2.75, 3.05) is 13.1 Å². The molecule has 0 atom stereocenters. The minimum Gasteiger partial charge on any atom is -0.508 e. The van der Waals surface area contributed by atoms with Crippen LogP contribution < -0.4 is 5.32 Å². The van der Waals surface area contributed by atoms with Gasteiger partial charge >= 0.3 is 0 Å². The van der Waals surface area contributed by atoms with Crippen LogP contribution in [-0.4, -0.2) is 28.4 Å². The number of phenolic OH excluding ortho intramolecular Hbond substituents is 3. The first-order valence-corrected chi connectivity index (χ1v) is 5.14. The summed E-state index contributed by atoms with van der Waals surface area (Å²) in [5.74, 6) is 0.0355. The number of rotatable bonds is 1. The molecule has 0 aliphatic carbocycles. The summed E-state index contributed by atoms with van der Waals surface area (Å²) in [6, 6.07) is 2.55. The third-order valence-corrected chi connectivity index (χ3v) is 2.87. The molecule has 0 saturated carbocycles. The lowest BCUT2D eigenvalue weighted by Gasteiger charge is -2.24. The fourth-order valence-electron chi connectivity index (χ4n) is 2.14. The van der Waals surface area contributed by atoms with Crippen LogP contribution in [0.15, 0.2) is 12.1 Å². The zero-order chi connectivity index (χ0) is 10.8. The van der Waals surface area contributed by atoms with Crippen LogP contribution in [0.25, 0.3) is 0 Å². The van der Waals surface area contributed by atoms with E-state index in [1.807, 2.05) is 0 Å². The van der Waals surface area contributed by atoms with E-state index in [1.165, 1.54) is 12.1 Å². The quantitative estimate of drug-likeness (QED) is 0.562. The summed E-state index contributed by atoms with van der Waals surface area (Å²) in [5.41, 5.74) is 0.564. The molecule has 4 heteroatoms. The van der Waals surface area contributed by atoms with Crippen molar-refractivity contribution in [1.82, 2.24) is 5.32 Å². The van der Waals surface area contributed by atoms with Gasteiger partial charge in [0, 0.05) is 17.7 Å². The lowest BCUT2D eigenvalue weighted by Crippen LogP contribution is -2.26. The SMILES string of the molecule is Oc1cc(O)c(C2CCNCC2)c(O)c1. The van der Waals surface area contributed by atoms with E-state index < -0.39 is 0 Å². The van der Waals surface area contributed by atoms with Gasteiger partial charge in [-0.05, 0) is 31.8 Å². The van der Waals surface area contributed by atoms with Crippen molar-refractivity contribution in [2.24, 2.45) is 0 Å². The fourth-order valence-corrected chi connectivity index (χ4v) is 2.14. The van der Waals surface area contributed by atoms with Gasteiger partial charge in [0.1, 0.15) is 17.2 Å². The van der Waals surface area contributed by atoms with Gasteiger partial charge < -0.3 is 20.6 Å². The van der Waals surface area contributed by atoms with Crippen LogP contribution in [-0.2, 0) is 0 Å². The molecule has 0 radical (unpaired) electrons. The summed E-state index contributed by atoms with van der Waals surface area (Å²) in [7, 11) is 0. The summed E-state index contributed by atoms with van der Waals surface area (Å²) in [5, 5.41) is 31.8. The van der Waals surface area contributed by atoms with E-state index in [2.05, 4.69) is 5.32 Å². The highest BCUT2D eigenvalue weighted by molar-refractivity contribution is 5.50. The molecule has 0 aromatic heterocycles. The molecular weight excluding hydrogens is 194 g/mol. The second-order valence-corrected chi connectivity index (χ2v) is 3.92. The normalized spacial score (nSPS) is 17.9. The molecule has 0 spiro atoms. The molecule has 0 unspecified atom stereocenters. The van der Waals surface area contributed by atoms with Crippen molar-refractivity contribution in [2.45, 2.75) is 18.8 Å². The number of hydrogen-bond donors (Lipinski definition) is 4. The Morgan fingerprint density at radius 3 is 2.07 bits per heavy atom. The number of nitrogens with one attached hydrogen (secondary N) is 1. The van der Waals surface area contributed by atoms with Crippen LogP contribution in [0.1, 0.15) is 24.3 Å². The Kier molecular flexibility index (Phi) is 2.68. The molecule has 2 rings (SSSR count). The van der Waals surface area contributed by atoms with Gasteiger partial charge in [-0.15, -0.1) is 0 Å². The predicted octanol–water partition coefficient (Wildman–Crippen LogP) is 1.27. The molecule has 0 amide bonds. The molecule has 1 aliphatic heterocycles. The van der Waals surface area contributed by atoms with Crippen molar-refractivity contribution < 1.29 is 15.3 Å². The van der Waals surface area contributed by atoms with E-state index in [1.54, 1.807) is 0 Å². The highest BCUT2D eigenvalue weighted by atomic mass is 16.3. The number of phenols is 3. The zero-order valence-electron chi connectivity index (χ0n) is 8.40. The highest BCUT2D eigenvalue weighted by Crippen LogP contribution is 2.40. The second kappa shape index (κ2) is 3.98. The molecule has 0 bridgehead atoms. The summed E-state index contributed by atoms with van der Waals surface area (Å²) in [6.07, 6.45) is 1.79. The van der Waals surface area contributed by atoms with Gasteiger partial charge in [0.2, 0.25) is 0 Å². The lowest BCUT2D eigenvalue weighted by atomic mass is 9.89. The topological polar surface area (TPSA) is 72.7 Å². The number of aromatic hydroxyl groups is 3. The Hall–Kier alpha value is -1.42. The molecule has 1 aromatic rings. The average Bonchev–Trinajstić information content (AvgIpc) is 2.17. The van der Waals surface area contributed by atoms with E-state index >= 15 is 0 Å². The first kappa shape index (κ1) is 10.1. The second-order valence-electron chi connectivity index (χ2n) is 3.92. The third kappa shape index (κ3) is 1.99. The van der Waals surface area contributed by atoms with E-state index in [9.17, 15) is 15.3 Å². The first-order valence-electron chi connectivity index (χ1n) is 5.14. The van der Waals surface area contributed by atoms with Gasteiger partial charge in [-0.2, -0.15) is 0 Å². The fraction of sp³-hybridized carbons (Fsp3) is 0.455. The lowest BCUT2D eigenvalue weighted by molar-refractivity contribution is 0.388. The Labute approximate surface area is 88.2 Å². The largest absolute Gasteiger partial charge is 0.508 e. The van der Waals surface area contributed by atoms with Crippen LogP contribution in [0.3, 0.4) is 0 Å². The molecule has 15 heavy (non-hydrogen) atoms. The maximum absolute atomic E-state index is 9.68. The van der Waals surface area contributed by atoms with E-state index in [-0.39, 0.29) is 23.2 Å². The third-order valence-electron chi connectivity index (χ3n) is 2.87. The van der Waals surface area contributed by atoms with Gasteiger partial charge in [0.05, 0.1) is 0 Å². The van der Waals surface area contributed by atoms with Gasteiger partial charge in [0.25, 0.3) is 0 Å². The van der Waals surface area contributed by atoms with Gasteiger partial charge in [-0.1, -0.05) is 0 Å². The van der Waals surface area contributed by atoms with Crippen LogP contribution in [0.2, 0.25) is 0 Å². The van der Waals surface area contributed by atoms with E-state index in [0.717, 1.165) is 25.9 Å². The number of hydrogen-bond acceptors (Lipinski definition) is 4. The molecule has 1 saturated heterocycles. The monoisotopic (exact) mass is 209 g/mol. The van der Waals surface area contributed by atoms with Crippen LogP contribution >= 0.6 is 0 Å². The summed E-state index contributed by atoms with van der Waals surface area (Å²) in [4.78, 5) is 0. The summed E-state index contributed by atoms with van der Waals surface area (Å²) >= 11 is 0.